The number of carbonyl (C=O) groups excluding carboxylic acids is 1. The first-order valence-electron chi connectivity index (χ1n) is 8.45. The minimum Gasteiger partial charge on any atom is -0.336 e. The Hall–Kier alpha value is -2.80. The van der Waals surface area contributed by atoms with E-state index in [2.05, 4.69) is 4.90 Å². The van der Waals surface area contributed by atoms with Crippen molar-refractivity contribution < 1.29 is 14.1 Å². The number of aryl methyl sites for hydroxylation is 1. The number of benzene rings is 2. The summed E-state index contributed by atoms with van der Waals surface area (Å²) < 4.78 is 13.3. The van der Waals surface area contributed by atoms with Crippen LogP contribution in [0.2, 0.25) is 0 Å². The summed E-state index contributed by atoms with van der Waals surface area (Å²) in [5.41, 5.74) is 1.73. The molecule has 1 saturated heterocycles. The Morgan fingerprint density at radius 2 is 1.88 bits per heavy atom. The molecule has 0 radical (unpaired) electrons. The molecular weight excluding hydrogens is 337 g/mol. The molecule has 26 heavy (non-hydrogen) atoms. The molecule has 1 amide bonds. The number of nitro groups is 1. The number of nitro benzene ring substituents is 1. The molecule has 0 spiro atoms. The summed E-state index contributed by atoms with van der Waals surface area (Å²) in [6, 6.07) is 11.1. The van der Waals surface area contributed by atoms with Gasteiger partial charge in [0.2, 0.25) is 0 Å². The number of nitrogens with zero attached hydrogens (tertiary/aromatic N) is 3. The minimum absolute atomic E-state index is 0.0411. The van der Waals surface area contributed by atoms with Gasteiger partial charge in [-0.15, -0.1) is 0 Å². The van der Waals surface area contributed by atoms with Crippen LogP contribution in [0, 0.1) is 22.9 Å². The largest absolute Gasteiger partial charge is 0.336 e. The number of hydrogen-bond acceptors (Lipinski definition) is 4. The fraction of sp³-hybridized carbons (Fsp3) is 0.316. The van der Waals surface area contributed by atoms with Crippen LogP contribution in [0.4, 0.5) is 10.1 Å². The molecular formula is C19H20FN3O3. The average molecular weight is 357 g/mol. The highest BCUT2D eigenvalue weighted by Gasteiger charge is 2.24. The summed E-state index contributed by atoms with van der Waals surface area (Å²) in [6.07, 6.45) is 0. The van der Waals surface area contributed by atoms with Crippen LogP contribution in [-0.2, 0) is 6.54 Å². The molecule has 0 aromatic heterocycles. The fourth-order valence-electron chi connectivity index (χ4n) is 3.12. The smallest absolute Gasteiger partial charge is 0.273 e. The fourth-order valence-corrected chi connectivity index (χ4v) is 3.12. The molecule has 3 rings (SSSR count). The predicted molar refractivity (Wildman–Crippen MR) is 95.4 cm³/mol. The van der Waals surface area contributed by atoms with Crippen LogP contribution in [0.15, 0.2) is 42.5 Å². The summed E-state index contributed by atoms with van der Waals surface area (Å²) in [6.45, 7) is 4.71. The van der Waals surface area contributed by atoms with Crippen molar-refractivity contribution in [3.05, 3.63) is 75.1 Å². The lowest BCUT2D eigenvalue weighted by Gasteiger charge is -2.34. The Morgan fingerprint density at radius 1 is 1.15 bits per heavy atom. The van der Waals surface area contributed by atoms with Gasteiger partial charge in [0.25, 0.3) is 11.6 Å². The normalized spacial score (nSPS) is 15.1. The van der Waals surface area contributed by atoms with Crippen LogP contribution >= 0.6 is 0 Å². The van der Waals surface area contributed by atoms with Gasteiger partial charge < -0.3 is 4.90 Å². The third kappa shape index (κ3) is 4.05. The molecule has 2 aromatic carbocycles. The molecule has 0 saturated carbocycles. The monoisotopic (exact) mass is 357 g/mol. The van der Waals surface area contributed by atoms with Crippen LogP contribution in [0.1, 0.15) is 21.5 Å². The Kier molecular flexibility index (Phi) is 5.27. The predicted octanol–water partition coefficient (Wildman–Crippen LogP) is 3.00. The van der Waals surface area contributed by atoms with Gasteiger partial charge in [-0.3, -0.25) is 19.8 Å². The first-order chi connectivity index (χ1) is 12.4. The molecule has 1 fully saturated rings. The summed E-state index contributed by atoms with van der Waals surface area (Å²) in [5, 5.41) is 11.1. The van der Waals surface area contributed by atoms with Crippen molar-refractivity contribution in [1.82, 2.24) is 9.80 Å². The van der Waals surface area contributed by atoms with E-state index in [0.717, 1.165) is 5.56 Å². The van der Waals surface area contributed by atoms with Gasteiger partial charge in [0, 0.05) is 49.9 Å². The SMILES string of the molecule is Cc1ccc(C(=O)N2CCN(Cc3cccc(F)c3)CC2)cc1[N+](=O)[O-]. The zero-order chi connectivity index (χ0) is 18.7. The van der Waals surface area contributed by atoms with Crippen molar-refractivity contribution in [3.8, 4) is 0 Å². The average Bonchev–Trinajstić information content (AvgIpc) is 2.62. The highest BCUT2D eigenvalue weighted by molar-refractivity contribution is 5.95. The van der Waals surface area contributed by atoms with E-state index in [1.165, 1.54) is 18.2 Å². The van der Waals surface area contributed by atoms with Crippen molar-refractivity contribution in [3.63, 3.8) is 0 Å². The number of amides is 1. The number of hydrogen-bond donors (Lipinski definition) is 0. The lowest BCUT2D eigenvalue weighted by Crippen LogP contribution is -2.48. The maximum Gasteiger partial charge on any atom is 0.273 e. The molecule has 6 nitrogen and oxygen atoms in total. The van der Waals surface area contributed by atoms with Crippen molar-refractivity contribution >= 4 is 11.6 Å². The van der Waals surface area contributed by atoms with Crippen LogP contribution in [-0.4, -0.2) is 46.8 Å². The molecule has 0 unspecified atom stereocenters. The zero-order valence-electron chi connectivity index (χ0n) is 14.5. The standard InChI is InChI=1S/C19H20FN3O3/c1-14-5-6-16(12-18(14)23(25)26)19(24)22-9-7-21(8-10-22)13-15-3-2-4-17(20)11-15/h2-6,11-12H,7-10,13H2,1H3. The molecule has 0 bridgehead atoms. The van der Waals surface area contributed by atoms with E-state index < -0.39 is 4.92 Å². The molecule has 1 aliphatic rings. The molecule has 7 heteroatoms. The maximum atomic E-state index is 13.3. The Morgan fingerprint density at radius 3 is 2.54 bits per heavy atom. The summed E-state index contributed by atoms with van der Waals surface area (Å²) in [7, 11) is 0. The lowest BCUT2D eigenvalue weighted by atomic mass is 10.1. The van der Waals surface area contributed by atoms with Gasteiger partial charge in [0.1, 0.15) is 5.82 Å². The highest BCUT2D eigenvalue weighted by atomic mass is 19.1. The number of halogens is 1. The minimum atomic E-state index is -0.469. The van der Waals surface area contributed by atoms with E-state index in [4.69, 9.17) is 0 Å². The summed E-state index contributed by atoms with van der Waals surface area (Å²) in [4.78, 5) is 27.1. The first-order valence-corrected chi connectivity index (χ1v) is 8.45. The van der Waals surface area contributed by atoms with Gasteiger partial charge in [0.05, 0.1) is 4.92 Å². The van der Waals surface area contributed by atoms with Crippen LogP contribution in [0.25, 0.3) is 0 Å². The summed E-state index contributed by atoms with van der Waals surface area (Å²) in [5.74, 6) is -0.448. The van der Waals surface area contributed by atoms with Crippen molar-refractivity contribution in [1.29, 1.82) is 0 Å². The van der Waals surface area contributed by atoms with Gasteiger partial charge in [-0.05, 0) is 30.7 Å². The van der Waals surface area contributed by atoms with Crippen LogP contribution < -0.4 is 0 Å². The van der Waals surface area contributed by atoms with E-state index in [9.17, 15) is 19.3 Å². The molecule has 0 atom stereocenters. The first kappa shape index (κ1) is 18.0. The summed E-state index contributed by atoms with van der Waals surface area (Å²) >= 11 is 0. The Bertz CT molecular complexity index is 833. The third-order valence-electron chi connectivity index (χ3n) is 4.61. The van der Waals surface area contributed by atoms with E-state index in [1.807, 2.05) is 6.07 Å². The van der Waals surface area contributed by atoms with E-state index in [-0.39, 0.29) is 17.4 Å². The highest BCUT2D eigenvalue weighted by Crippen LogP contribution is 2.21. The van der Waals surface area contributed by atoms with Gasteiger partial charge in [0.15, 0.2) is 0 Å². The second kappa shape index (κ2) is 7.61. The number of rotatable bonds is 4. The Balaban J connectivity index is 1.62. The van der Waals surface area contributed by atoms with Gasteiger partial charge in [-0.1, -0.05) is 18.2 Å². The topological polar surface area (TPSA) is 66.7 Å². The van der Waals surface area contributed by atoms with E-state index in [0.29, 0.717) is 43.9 Å². The number of carbonyl (C=O) groups is 1. The van der Waals surface area contributed by atoms with Crippen molar-refractivity contribution in [2.75, 3.05) is 26.2 Å². The Labute approximate surface area is 151 Å². The van der Waals surface area contributed by atoms with Gasteiger partial charge in [-0.25, -0.2) is 4.39 Å². The molecule has 1 aliphatic heterocycles. The van der Waals surface area contributed by atoms with Crippen LogP contribution in [0.3, 0.4) is 0 Å². The van der Waals surface area contributed by atoms with Crippen molar-refractivity contribution in [2.45, 2.75) is 13.5 Å². The molecule has 136 valence electrons. The zero-order valence-corrected chi connectivity index (χ0v) is 14.5. The van der Waals surface area contributed by atoms with Gasteiger partial charge in [-0.2, -0.15) is 0 Å². The quantitative estimate of drug-likeness (QED) is 0.623. The van der Waals surface area contributed by atoms with Crippen molar-refractivity contribution in [2.24, 2.45) is 0 Å². The molecule has 1 heterocycles. The third-order valence-corrected chi connectivity index (χ3v) is 4.61. The second-order valence-electron chi connectivity index (χ2n) is 6.46. The second-order valence-corrected chi connectivity index (χ2v) is 6.46. The molecule has 0 aliphatic carbocycles. The molecule has 2 aromatic rings. The molecule has 0 N–H and O–H groups in total. The van der Waals surface area contributed by atoms with Crippen LogP contribution in [0.5, 0.6) is 0 Å². The lowest BCUT2D eigenvalue weighted by molar-refractivity contribution is -0.385. The van der Waals surface area contributed by atoms with E-state index >= 15 is 0 Å². The van der Waals surface area contributed by atoms with Gasteiger partial charge >= 0.3 is 0 Å². The maximum absolute atomic E-state index is 13.3. The van der Waals surface area contributed by atoms with E-state index in [1.54, 1.807) is 30.0 Å². The number of piperazine rings is 1.